The van der Waals surface area contributed by atoms with E-state index in [1.54, 1.807) is 4.57 Å². The molecule has 0 aliphatic heterocycles. The van der Waals surface area contributed by atoms with Crippen LogP contribution >= 0.6 is 0 Å². The van der Waals surface area contributed by atoms with Crippen molar-refractivity contribution in [3.8, 4) is 6.01 Å². The molecule has 0 saturated heterocycles. The zero-order chi connectivity index (χ0) is 13.3. The molecule has 2 aromatic heterocycles. The predicted octanol–water partition coefficient (Wildman–Crippen LogP) is 1.19. The molecule has 2 heterocycles. The van der Waals surface area contributed by atoms with Gasteiger partial charge in [-0.25, -0.2) is 0 Å². The first-order valence-electron chi connectivity index (χ1n) is 5.94. The van der Waals surface area contributed by atoms with Gasteiger partial charge in [0.15, 0.2) is 11.5 Å². The fraction of sp³-hybridized carbons (Fsp3) is 0.545. The average Bonchev–Trinajstić information content (AvgIpc) is 2.73. The quantitative estimate of drug-likeness (QED) is 0.757. The maximum atomic E-state index is 7.95. The molecule has 0 spiro atoms. The Morgan fingerprint density at radius 2 is 2.22 bits per heavy atom. The molecule has 7 heteroatoms. The van der Waals surface area contributed by atoms with Crippen LogP contribution in [0.4, 0.5) is 5.82 Å². The van der Waals surface area contributed by atoms with Gasteiger partial charge in [-0.15, -0.1) is 0 Å². The Balaban J connectivity index is 2.70. The van der Waals surface area contributed by atoms with Gasteiger partial charge in [0.25, 0.3) is 6.01 Å². The van der Waals surface area contributed by atoms with E-state index >= 15 is 0 Å². The van der Waals surface area contributed by atoms with Gasteiger partial charge in [-0.3, -0.25) is 9.98 Å². The average molecular weight is 250 g/mol. The number of rotatable bonds is 4. The topological polar surface area (TPSA) is 106 Å². The van der Waals surface area contributed by atoms with Gasteiger partial charge in [0.1, 0.15) is 5.52 Å². The summed E-state index contributed by atoms with van der Waals surface area (Å²) in [7, 11) is 1.53. The number of nitrogen functional groups attached to an aromatic ring is 1. The number of aromatic amines is 1. The molecule has 1 atom stereocenters. The second-order valence-electron chi connectivity index (χ2n) is 4.27. The van der Waals surface area contributed by atoms with E-state index in [9.17, 15) is 0 Å². The molecule has 7 nitrogen and oxygen atoms in total. The number of aromatic nitrogens is 4. The Morgan fingerprint density at radius 1 is 1.50 bits per heavy atom. The smallest absolute Gasteiger partial charge is 0.295 e. The van der Waals surface area contributed by atoms with Gasteiger partial charge in [0.2, 0.25) is 5.62 Å². The van der Waals surface area contributed by atoms with Crippen molar-refractivity contribution in [2.75, 3.05) is 12.8 Å². The molecular formula is C11H18N6O. The molecule has 0 fully saturated rings. The van der Waals surface area contributed by atoms with Gasteiger partial charge in [-0.2, -0.15) is 9.97 Å². The normalized spacial score (nSPS) is 12.8. The lowest BCUT2D eigenvalue weighted by molar-refractivity contribution is 0.385. The van der Waals surface area contributed by atoms with Crippen LogP contribution in [0.1, 0.15) is 32.7 Å². The monoisotopic (exact) mass is 250 g/mol. The maximum Gasteiger partial charge on any atom is 0.295 e. The van der Waals surface area contributed by atoms with Gasteiger partial charge < -0.3 is 15.5 Å². The summed E-state index contributed by atoms with van der Waals surface area (Å²) in [5, 5.41) is 7.95. The summed E-state index contributed by atoms with van der Waals surface area (Å²) in [6.07, 6.45) is 1.98. The van der Waals surface area contributed by atoms with Crippen LogP contribution < -0.4 is 16.1 Å². The second kappa shape index (κ2) is 4.67. The Kier molecular flexibility index (Phi) is 3.22. The first-order chi connectivity index (χ1) is 8.58. The maximum absolute atomic E-state index is 7.95. The van der Waals surface area contributed by atoms with E-state index in [-0.39, 0.29) is 17.5 Å². The number of methoxy groups -OCH3 is 1. The van der Waals surface area contributed by atoms with Crippen LogP contribution in [0.25, 0.3) is 11.2 Å². The van der Waals surface area contributed by atoms with Gasteiger partial charge in [-0.1, -0.05) is 13.3 Å². The molecular weight excluding hydrogens is 232 g/mol. The van der Waals surface area contributed by atoms with Crippen LogP contribution in [0.15, 0.2) is 0 Å². The summed E-state index contributed by atoms with van der Waals surface area (Å²) >= 11 is 0. The van der Waals surface area contributed by atoms with Crippen LogP contribution in [-0.4, -0.2) is 26.6 Å². The molecule has 98 valence electrons. The lowest BCUT2D eigenvalue weighted by Crippen LogP contribution is -2.27. The van der Waals surface area contributed by atoms with Crippen LogP contribution in [-0.2, 0) is 0 Å². The Morgan fingerprint density at radius 3 is 2.83 bits per heavy atom. The first kappa shape index (κ1) is 12.4. The van der Waals surface area contributed by atoms with Gasteiger partial charge in [0, 0.05) is 6.04 Å². The highest BCUT2D eigenvalue weighted by Crippen LogP contribution is 2.22. The van der Waals surface area contributed by atoms with Crippen LogP contribution in [0.2, 0.25) is 0 Å². The number of fused-ring (bicyclic) bond motifs is 1. The van der Waals surface area contributed by atoms with Crippen LogP contribution in [0, 0.1) is 5.41 Å². The van der Waals surface area contributed by atoms with Crippen molar-refractivity contribution in [3.05, 3.63) is 5.62 Å². The lowest BCUT2D eigenvalue weighted by atomic mass is 10.2. The SMILES string of the molecule is CCC[C@@H](C)n1c(=N)nc(N)c2[nH]c(OC)nc21. The molecule has 2 rings (SSSR count). The van der Waals surface area contributed by atoms with Crippen molar-refractivity contribution in [1.82, 2.24) is 19.5 Å². The fourth-order valence-corrected chi connectivity index (χ4v) is 2.08. The number of nitrogens with zero attached hydrogens (tertiary/aromatic N) is 3. The minimum atomic E-state index is 0.120. The van der Waals surface area contributed by atoms with E-state index in [0.717, 1.165) is 12.8 Å². The Hall–Kier alpha value is -2.05. The standard InChI is InChI=1S/C11H18N6O/c1-4-5-6(2)17-9-7(8(12)15-10(17)13)14-11(16-9)18-3/h6H,4-5H2,1-3H3,(H,14,16)(H3,12,13,15)/t6-/m1/s1. The minimum Gasteiger partial charge on any atom is -0.468 e. The molecule has 0 amide bonds. The van der Waals surface area contributed by atoms with Crippen molar-refractivity contribution in [2.45, 2.75) is 32.7 Å². The van der Waals surface area contributed by atoms with E-state index in [2.05, 4.69) is 21.9 Å². The molecule has 0 radical (unpaired) electrons. The molecule has 0 aliphatic rings. The Labute approximate surface area is 105 Å². The van der Waals surface area contributed by atoms with Crippen molar-refractivity contribution in [3.63, 3.8) is 0 Å². The van der Waals surface area contributed by atoms with E-state index in [1.165, 1.54) is 7.11 Å². The third-order valence-electron chi connectivity index (χ3n) is 2.94. The molecule has 4 N–H and O–H groups in total. The van der Waals surface area contributed by atoms with Crippen molar-refractivity contribution < 1.29 is 4.74 Å². The van der Waals surface area contributed by atoms with E-state index < -0.39 is 0 Å². The van der Waals surface area contributed by atoms with E-state index in [1.807, 2.05) is 6.92 Å². The largest absolute Gasteiger partial charge is 0.468 e. The number of nitrogens with one attached hydrogen (secondary N) is 2. The van der Waals surface area contributed by atoms with Crippen molar-refractivity contribution in [2.24, 2.45) is 0 Å². The number of ether oxygens (including phenoxy) is 1. The summed E-state index contributed by atoms with van der Waals surface area (Å²) in [5.41, 5.74) is 7.15. The predicted molar refractivity (Wildman–Crippen MR) is 68.3 cm³/mol. The van der Waals surface area contributed by atoms with E-state index in [0.29, 0.717) is 17.2 Å². The van der Waals surface area contributed by atoms with Crippen molar-refractivity contribution in [1.29, 1.82) is 5.41 Å². The van der Waals surface area contributed by atoms with Gasteiger partial charge in [-0.05, 0) is 13.3 Å². The summed E-state index contributed by atoms with van der Waals surface area (Å²) in [4.78, 5) is 11.3. The van der Waals surface area contributed by atoms with Gasteiger partial charge in [0.05, 0.1) is 7.11 Å². The molecule has 0 aromatic carbocycles. The highest BCUT2D eigenvalue weighted by molar-refractivity contribution is 5.82. The minimum absolute atomic E-state index is 0.120. The summed E-state index contributed by atoms with van der Waals surface area (Å²) in [6, 6.07) is 0.521. The highest BCUT2D eigenvalue weighted by atomic mass is 16.5. The number of anilines is 1. The van der Waals surface area contributed by atoms with Crippen LogP contribution in [0.3, 0.4) is 0 Å². The number of imidazole rings is 1. The third-order valence-corrected chi connectivity index (χ3v) is 2.94. The fourth-order valence-electron chi connectivity index (χ4n) is 2.08. The molecule has 0 bridgehead atoms. The summed E-state index contributed by atoms with van der Waals surface area (Å²) in [5.74, 6) is 0.269. The molecule has 18 heavy (non-hydrogen) atoms. The first-order valence-corrected chi connectivity index (χ1v) is 5.94. The number of hydrogen-bond acceptors (Lipinski definition) is 5. The van der Waals surface area contributed by atoms with Crippen molar-refractivity contribution >= 4 is 17.0 Å². The summed E-state index contributed by atoms with van der Waals surface area (Å²) in [6.45, 7) is 4.15. The number of hydrogen-bond donors (Lipinski definition) is 3. The highest BCUT2D eigenvalue weighted by Gasteiger charge is 2.16. The zero-order valence-electron chi connectivity index (χ0n) is 10.8. The summed E-state index contributed by atoms with van der Waals surface area (Å²) < 4.78 is 6.84. The molecule has 0 unspecified atom stereocenters. The second-order valence-corrected chi connectivity index (χ2v) is 4.27. The zero-order valence-corrected chi connectivity index (χ0v) is 10.8. The molecule has 0 aliphatic carbocycles. The number of nitrogens with two attached hydrogens (primary N) is 1. The lowest BCUT2D eigenvalue weighted by Gasteiger charge is -2.15. The van der Waals surface area contributed by atoms with Crippen LogP contribution in [0.5, 0.6) is 6.01 Å². The van der Waals surface area contributed by atoms with E-state index in [4.69, 9.17) is 15.9 Å². The number of H-pyrrole nitrogens is 1. The molecule has 0 saturated carbocycles. The third kappa shape index (κ3) is 1.92. The molecule has 2 aromatic rings. The van der Waals surface area contributed by atoms with Gasteiger partial charge >= 0.3 is 0 Å². The Bertz CT molecular complexity index is 614.